The second kappa shape index (κ2) is 4.44. The van der Waals surface area contributed by atoms with Crippen LogP contribution in [-0.4, -0.2) is 33.6 Å². The van der Waals surface area contributed by atoms with Crippen LogP contribution < -0.4 is 9.64 Å². The van der Waals surface area contributed by atoms with Crippen molar-refractivity contribution in [1.29, 1.82) is 0 Å². The summed E-state index contributed by atoms with van der Waals surface area (Å²) in [6.07, 6.45) is 1.55. The van der Waals surface area contributed by atoms with Gasteiger partial charge in [-0.15, -0.1) is 10.2 Å². The van der Waals surface area contributed by atoms with Crippen LogP contribution in [0.3, 0.4) is 0 Å². The van der Waals surface area contributed by atoms with Gasteiger partial charge in [0.25, 0.3) is 11.7 Å². The summed E-state index contributed by atoms with van der Waals surface area (Å²) in [6.45, 7) is 0.209. The van der Waals surface area contributed by atoms with E-state index in [1.54, 1.807) is 36.1 Å². The molecule has 2 heterocycles. The zero-order valence-electron chi connectivity index (χ0n) is 11.0. The van der Waals surface area contributed by atoms with Gasteiger partial charge in [0.1, 0.15) is 12.1 Å². The van der Waals surface area contributed by atoms with E-state index in [2.05, 4.69) is 10.2 Å². The highest BCUT2D eigenvalue weighted by Gasteiger charge is 2.36. The van der Waals surface area contributed by atoms with Gasteiger partial charge in [-0.25, -0.2) is 0 Å². The number of methoxy groups -OCH3 is 1. The average Bonchev–Trinajstić information content (AvgIpc) is 2.96. The number of anilines is 1. The molecule has 3 rings (SSSR count). The van der Waals surface area contributed by atoms with Gasteiger partial charge in [-0.3, -0.25) is 14.5 Å². The number of ether oxygens (including phenoxy) is 1. The Hall–Kier alpha value is -2.70. The van der Waals surface area contributed by atoms with E-state index in [4.69, 9.17) is 4.74 Å². The fourth-order valence-electron chi connectivity index (χ4n) is 2.16. The molecule has 0 bridgehead atoms. The molecule has 0 radical (unpaired) electrons. The van der Waals surface area contributed by atoms with E-state index in [0.29, 0.717) is 22.8 Å². The molecular formula is C13H12N4O3. The van der Waals surface area contributed by atoms with Crippen molar-refractivity contribution in [2.45, 2.75) is 6.54 Å². The summed E-state index contributed by atoms with van der Waals surface area (Å²) in [5.74, 6) is 0.0672. The van der Waals surface area contributed by atoms with E-state index in [0.717, 1.165) is 0 Å². The fraction of sp³-hybridized carbons (Fsp3) is 0.231. The number of hydrogen-bond acceptors (Lipinski definition) is 5. The molecule has 0 spiro atoms. The van der Waals surface area contributed by atoms with Crippen LogP contribution in [0.15, 0.2) is 24.5 Å². The van der Waals surface area contributed by atoms with Crippen LogP contribution in [0, 0.1) is 0 Å². The molecular weight excluding hydrogens is 260 g/mol. The highest BCUT2D eigenvalue weighted by Crippen LogP contribution is 2.32. The highest BCUT2D eigenvalue weighted by molar-refractivity contribution is 6.52. The van der Waals surface area contributed by atoms with Crippen molar-refractivity contribution in [2.75, 3.05) is 12.0 Å². The Bertz CT molecular complexity index is 707. The second-order valence-corrected chi connectivity index (χ2v) is 4.46. The third-order valence-corrected chi connectivity index (χ3v) is 3.28. The van der Waals surface area contributed by atoms with E-state index < -0.39 is 11.7 Å². The number of rotatable bonds is 3. The van der Waals surface area contributed by atoms with Crippen molar-refractivity contribution in [3.05, 3.63) is 35.9 Å². The number of aryl methyl sites for hydroxylation is 1. The molecule has 7 heteroatoms. The van der Waals surface area contributed by atoms with Gasteiger partial charge in [0.05, 0.1) is 24.9 Å². The lowest BCUT2D eigenvalue weighted by Crippen LogP contribution is -2.30. The highest BCUT2D eigenvalue weighted by atomic mass is 16.5. The minimum atomic E-state index is -0.559. The minimum absolute atomic E-state index is 0.209. The van der Waals surface area contributed by atoms with Gasteiger partial charge in [0, 0.05) is 7.05 Å². The molecule has 102 valence electrons. The monoisotopic (exact) mass is 272 g/mol. The van der Waals surface area contributed by atoms with Crippen molar-refractivity contribution >= 4 is 17.4 Å². The first-order valence-corrected chi connectivity index (χ1v) is 5.99. The van der Waals surface area contributed by atoms with Gasteiger partial charge in [-0.1, -0.05) is 0 Å². The number of carbonyl (C=O) groups is 2. The Morgan fingerprint density at radius 2 is 2.10 bits per heavy atom. The summed E-state index contributed by atoms with van der Waals surface area (Å²) in [6, 6.07) is 4.99. The maximum atomic E-state index is 12.1. The molecule has 1 aliphatic heterocycles. The van der Waals surface area contributed by atoms with E-state index in [1.807, 2.05) is 0 Å². The number of nitrogens with zero attached hydrogens (tertiary/aromatic N) is 4. The molecule has 20 heavy (non-hydrogen) atoms. The lowest BCUT2D eigenvalue weighted by molar-refractivity contribution is -0.114. The van der Waals surface area contributed by atoms with Crippen molar-refractivity contribution in [3.63, 3.8) is 0 Å². The molecule has 0 N–H and O–H groups in total. The molecule has 1 aliphatic rings. The number of amides is 1. The number of fused-ring (bicyclic) bond motifs is 1. The van der Waals surface area contributed by atoms with Crippen molar-refractivity contribution in [1.82, 2.24) is 14.8 Å². The molecule has 0 unspecified atom stereocenters. The number of Topliss-reactive ketones (excluding diaryl/α,β-unsaturated/α-hetero) is 1. The maximum absolute atomic E-state index is 12.1. The molecule has 1 aromatic carbocycles. The molecule has 0 atom stereocenters. The van der Waals surface area contributed by atoms with Crippen LogP contribution in [0.25, 0.3) is 0 Å². The van der Waals surface area contributed by atoms with Gasteiger partial charge >= 0.3 is 0 Å². The largest absolute Gasteiger partial charge is 0.497 e. The normalized spacial score (nSPS) is 13.8. The SMILES string of the molecule is COc1ccc2c(c1)C(=O)C(=O)N2Cc1nncn1C. The third-order valence-electron chi connectivity index (χ3n) is 3.28. The van der Waals surface area contributed by atoms with Gasteiger partial charge in [-0.05, 0) is 18.2 Å². The first kappa shape index (κ1) is 12.3. The summed E-state index contributed by atoms with van der Waals surface area (Å²) < 4.78 is 6.78. The lowest BCUT2D eigenvalue weighted by atomic mass is 10.1. The summed E-state index contributed by atoms with van der Waals surface area (Å²) >= 11 is 0. The van der Waals surface area contributed by atoms with Crippen LogP contribution in [0.1, 0.15) is 16.2 Å². The standard InChI is InChI=1S/C13H12N4O3/c1-16-7-14-15-11(16)6-17-10-4-3-8(20-2)5-9(10)12(18)13(17)19/h3-5,7H,6H2,1-2H3. The molecule has 0 fully saturated rings. The number of carbonyl (C=O) groups excluding carboxylic acids is 2. The van der Waals surface area contributed by atoms with E-state index >= 15 is 0 Å². The molecule has 0 saturated heterocycles. The van der Waals surface area contributed by atoms with Crippen molar-refractivity contribution in [2.24, 2.45) is 7.05 Å². The summed E-state index contributed by atoms with van der Waals surface area (Å²) in [5.41, 5.74) is 0.931. The van der Waals surface area contributed by atoms with Gasteiger partial charge in [0.2, 0.25) is 0 Å². The molecule has 1 amide bonds. The summed E-state index contributed by atoms with van der Waals surface area (Å²) in [5, 5.41) is 7.69. The van der Waals surface area contributed by atoms with E-state index in [1.165, 1.54) is 12.0 Å². The Kier molecular flexibility index (Phi) is 2.74. The van der Waals surface area contributed by atoms with Crippen LogP contribution in [0.4, 0.5) is 5.69 Å². The minimum Gasteiger partial charge on any atom is -0.497 e. The van der Waals surface area contributed by atoms with Crippen molar-refractivity contribution < 1.29 is 14.3 Å². The first-order valence-electron chi connectivity index (χ1n) is 5.99. The van der Waals surface area contributed by atoms with Crippen LogP contribution in [0.5, 0.6) is 5.75 Å². The quantitative estimate of drug-likeness (QED) is 0.763. The van der Waals surface area contributed by atoms with Gasteiger partial charge in [-0.2, -0.15) is 0 Å². The average molecular weight is 272 g/mol. The maximum Gasteiger partial charge on any atom is 0.299 e. The number of aromatic nitrogens is 3. The molecule has 2 aromatic rings. The fourth-order valence-corrected chi connectivity index (χ4v) is 2.16. The molecule has 0 saturated carbocycles. The smallest absolute Gasteiger partial charge is 0.299 e. The lowest BCUT2D eigenvalue weighted by Gasteiger charge is -2.15. The summed E-state index contributed by atoms with van der Waals surface area (Å²) in [4.78, 5) is 25.5. The van der Waals surface area contributed by atoms with Crippen LogP contribution in [-0.2, 0) is 18.4 Å². The zero-order valence-corrected chi connectivity index (χ0v) is 11.0. The summed E-state index contributed by atoms with van der Waals surface area (Å²) in [7, 11) is 3.30. The van der Waals surface area contributed by atoms with E-state index in [-0.39, 0.29) is 6.54 Å². The number of ketones is 1. The second-order valence-electron chi connectivity index (χ2n) is 4.46. The number of hydrogen-bond donors (Lipinski definition) is 0. The molecule has 7 nitrogen and oxygen atoms in total. The predicted octanol–water partition coefficient (Wildman–Crippen LogP) is 0.553. The first-order chi connectivity index (χ1) is 9.61. The van der Waals surface area contributed by atoms with Crippen molar-refractivity contribution in [3.8, 4) is 5.75 Å². The third kappa shape index (κ3) is 1.75. The molecule has 0 aliphatic carbocycles. The Morgan fingerprint density at radius 3 is 2.75 bits per heavy atom. The predicted molar refractivity (Wildman–Crippen MR) is 69.5 cm³/mol. The topological polar surface area (TPSA) is 77.3 Å². The Morgan fingerprint density at radius 1 is 1.30 bits per heavy atom. The zero-order chi connectivity index (χ0) is 14.3. The Balaban J connectivity index is 2.00. The van der Waals surface area contributed by atoms with Crippen LogP contribution in [0.2, 0.25) is 0 Å². The van der Waals surface area contributed by atoms with E-state index in [9.17, 15) is 9.59 Å². The van der Waals surface area contributed by atoms with Gasteiger partial charge < -0.3 is 9.30 Å². The van der Waals surface area contributed by atoms with Gasteiger partial charge in [0.15, 0.2) is 5.82 Å². The number of benzene rings is 1. The Labute approximate surface area is 114 Å². The van der Waals surface area contributed by atoms with Crippen LogP contribution >= 0.6 is 0 Å². The molecule has 1 aromatic heterocycles.